The van der Waals surface area contributed by atoms with Crippen molar-refractivity contribution in [1.29, 1.82) is 0 Å². The molecule has 8 nitrogen and oxygen atoms in total. The van der Waals surface area contributed by atoms with Gasteiger partial charge in [-0.3, -0.25) is 10.5 Å². The molecule has 2 aliphatic carbocycles. The maximum absolute atomic E-state index is 10.6. The highest BCUT2D eigenvalue weighted by atomic mass is 17.1. The second kappa shape index (κ2) is 44.6. The lowest BCUT2D eigenvalue weighted by molar-refractivity contribution is -0.291. The largest absolute Gasteiger partial charge is 0.485 e. The van der Waals surface area contributed by atoms with E-state index in [1.165, 1.54) is 115 Å². The summed E-state index contributed by atoms with van der Waals surface area (Å²) >= 11 is 0. The lowest BCUT2D eigenvalue weighted by Gasteiger charge is -2.33. The first-order valence-corrected chi connectivity index (χ1v) is 37.5. The van der Waals surface area contributed by atoms with Gasteiger partial charge in [-0.2, -0.15) is 0 Å². The number of carbonyl (C=O) groups is 2. The smallest absolute Gasteiger partial charge is 0.133 e. The molecule has 10 aromatic carbocycles. The highest BCUT2D eigenvalue weighted by Crippen LogP contribution is 2.48. The van der Waals surface area contributed by atoms with Crippen molar-refractivity contribution in [2.24, 2.45) is 23.7 Å². The Labute approximate surface area is 623 Å². The van der Waals surface area contributed by atoms with Gasteiger partial charge in [0.05, 0.1) is 11.8 Å². The van der Waals surface area contributed by atoms with E-state index in [-0.39, 0.29) is 26.7 Å². The third-order valence-corrected chi connectivity index (χ3v) is 21.2. The van der Waals surface area contributed by atoms with Crippen LogP contribution in [0.25, 0.3) is 0 Å². The molecule has 0 aliphatic heterocycles. The first-order valence-electron chi connectivity index (χ1n) is 37.5. The predicted octanol–water partition coefficient (Wildman–Crippen LogP) is 25.1. The van der Waals surface area contributed by atoms with Gasteiger partial charge < -0.3 is 19.1 Å². The van der Waals surface area contributed by atoms with Crippen LogP contribution in [-0.4, -0.2) is 24.1 Å². The summed E-state index contributed by atoms with van der Waals surface area (Å²) in [4.78, 5) is 26.9. The molecule has 548 valence electrons. The van der Waals surface area contributed by atoms with Crippen molar-refractivity contribution in [1.82, 2.24) is 0 Å². The maximum atomic E-state index is 10.6. The number of hydrogen-bond donors (Lipinski definition) is 2. The van der Waals surface area contributed by atoms with Crippen LogP contribution in [0.2, 0.25) is 0 Å². The van der Waals surface area contributed by atoms with Gasteiger partial charge in [0, 0.05) is 0 Å². The van der Waals surface area contributed by atoms with Gasteiger partial charge in [0.2, 0.25) is 0 Å². The minimum absolute atomic E-state index is 0. The molecule has 0 heterocycles. The Morgan fingerprint density at radius 3 is 0.942 bits per heavy atom. The van der Waals surface area contributed by atoms with E-state index in [9.17, 15) is 10.5 Å². The normalized spacial score (nSPS) is 17.1. The van der Waals surface area contributed by atoms with Crippen molar-refractivity contribution < 1.29 is 39.4 Å². The SMILES string of the molecule is C.C.C=O.C=O.CCCC1CCC(Cc2ccc(O[C@H](c3ccccc3)[C@@H](c3ccccc3)C(OO)c3ccc(CC4CCC(CC)CC4)cc3)cc2)CC1.CCCc1ccc(Cc2ccc(O[C@H](c3ccccc3)[C@@H](c3ccccc3)C(OO)c3ccc(Cc4ccc(CC)cc4)cc3)cc2)cc1. The van der Waals surface area contributed by atoms with E-state index in [2.05, 4.69) is 246 Å². The molecule has 2 saturated carbocycles. The third kappa shape index (κ3) is 24.0. The van der Waals surface area contributed by atoms with Crippen molar-refractivity contribution in [3.63, 3.8) is 0 Å². The summed E-state index contributed by atoms with van der Waals surface area (Å²) in [6.45, 7) is 13.0. The van der Waals surface area contributed by atoms with Crippen LogP contribution in [0, 0.1) is 23.7 Å². The fourth-order valence-electron chi connectivity index (χ4n) is 15.5. The van der Waals surface area contributed by atoms with Crippen LogP contribution in [0.5, 0.6) is 11.5 Å². The quantitative estimate of drug-likeness (QED) is 0.0338. The van der Waals surface area contributed by atoms with Gasteiger partial charge >= 0.3 is 0 Å². The Kier molecular flexibility index (Phi) is 35.3. The van der Waals surface area contributed by atoms with E-state index in [0.29, 0.717) is 0 Å². The standard InChI is InChI=1S/C46H58O3.C46H46O3.2CH2O.2CH4/c2*1-3-11-35-18-22-37(23-19-35)33-39-26-30-43(31-27-39)48-45(41-14-9-6-10-15-41)44(40-12-7-5-8-13-40)46(49-47)42-28-24-38(25-29-42)32-36-20-16-34(4-2)17-21-36;2*1-2;;/h5-10,12-15,24-31,34-37,44-47H,3-4,11,16-23,32-33H2,1-2H3;5-10,12-31,44-47H,3-4,11,32-33H2,1-2H3;2*1H2;2*1H4/t34?,35?,36?,37?,44-,45-,46?;44-,45-,46?;;;;/m11..../s1. The lowest BCUT2D eigenvalue weighted by Crippen LogP contribution is -2.25. The molecule has 2 aliphatic rings. The van der Waals surface area contributed by atoms with Crippen LogP contribution in [0.15, 0.2) is 267 Å². The molecule has 2 unspecified atom stereocenters. The molecule has 0 amide bonds. The van der Waals surface area contributed by atoms with Crippen LogP contribution in [0.1, 0.15) is 234 Å². The highest BCUT2D eigenvalue weighted by molar-refractivity contribution is 5.40. The molecule has 104 heavy (non-hydrogen) atoms. The topological polar surface area (TPSA) is 112 Å². The summed E-state index contributed by atoms with van der Waals surface area (Å²) in [5.74, 6) is 4.32. The van der Waals surface area contributed by atoms with Crippen LogP contribution in [0.3, 0.4) is 0 Å². The van der Waals surface area contributed by atoms with Gasteiger partial charge in [0.1, 0.15) is 49.5 Å². The zero-order valence-electron chi connectivity index (χ0n) is 60.7. The number of rotatable bonds is 30. The summed E-state index contributed by atoms with van der Waals surface area (Å²) in [7, 11) is 0. The first kappa shape index (κ1) is 82.3. The Balaban J connectivity index is 0.000000273. The van der Waals surface area contributed by atoms with E-state index < -0.39 is 24.4 Å². The van der Waals surface area contributed by atoms with Crippen LogP contribution in [0.4, 0.5) is 0 Å². The summed E-state index contributed by atoms with van der Waals surface area (Å²) < 4.78 is 13.9. The Morgan fingerprint density at radius 1 is 0.317 bits per heavy atom. The molecular formula is C96H116O8. The fraction of sp³-hybridized carbons (Fsp3) is 0.354. The summed E-state index contributed by atoms with van der Waals surface area (Å²) in [5.41, 5.74) is 16.4. The second-order valence-corrected chi connectivity index (χ2v) is 28.1. The van der Waals surface area contributed by atoms with E-state index in [1.54, 1.807) is 0 Å². The molecule has 0 saturated heterocycles. The zero-order chi connectivity index (χ0) is 71.7. The van der Waals surface area contributed by atoms with Gasteiger partial charge in [0.15, 0.2) is 0 Å². The van der Waals surface area contributed by atoms with Crippen LogP contribution < -0.4 is 9.47 Å². The number of carbonyl (C=O) groups excluding carboxylic acids is 2. The van der Waals surface area contributed by atoms with E-state index in [1.807, 2.05) is 62.1 Å². The monoisotopic (exact) mass is 1400 g/mol. The minimum atomic E-state index is -0.680. The van der Waals surface area contributed by atoms with Gasteiger partial charge in [-0.05, 0) is 190 Å². The molecule has 2 fully saturated rings. The Morgan fingerprint density at radius 2 is 0.606 bits per heavy atom. The number of benzene rings is 10. The van der Waals surface area contributed by atoms with Gasteiger partial charge in [0.25, 0.3) is 0 Å². The summed E-state index contributed by atoms with van der Waals surface area (Å²) in [6, 6.07) is 93.3. The molecule has 2 N–H and O–H groups in total. The van der Waals surface area contributed by atoms with Crippen LogP contribution >= 0.6 is 0 Å². The summed E-state index contributed by atoms with van der Waals surface area (Å²) in [6.07, 6.45) is 20.0. The average Bonchev–Trinajstić information content (AvgIpc) is 0.794. The second-order valence-electron chi connectivity index (χ2n) is 28.1. The first-order chi connectivity index (χ1) is 50.3. The summed E-state index contributed by atoms with van der Waals surface area (Å²) in [5, 5.41) is 21.2. The van der Waals surface area contributed by atoms with Crippen molar-refractivity contribution in [2.45, 2.75) is 194 Å². The molecule has 12 rings (SSSR count). The predicted molar refractivity (Wildman–Crippen MR) is 430 cm³/mol. The van der Waals surface area contributed by atoms with Crippen molar-refractivity contribution in [3.8, 4) is 11.5 Å². The number of aryl methyl sites for hydroxylation is 2. The molecule has 0 spiro atoms. The van der Waals surface area contributed by atoms with Crippen LogP contribution in [-0.2, 0) is 57.9 Å². The molecule has 8 heteroatoms. The van der Waals surface area contributed by atoms with E-state index >= 15 is 0 Å². The minimum Gasteiger partial charge on any atom is -0.485 e. The van der Waals surface area contributed by atoms with Gasteiger partial charge in [-0.15, -0.1) is 0 Å². The van der Waals surface area contributed by atoms with Crippen molar-refractivity contribution in [2.75, 3.05) is 0 Å². The number of hydrogen-bond acceptors (Lipinski definition) is 8. The van der Waals surface area contributed by atoms with E-state index in [0.717, 1.165) is 113 Å². The fourth-order valence-corrected chi connectivity index (χ4v) is 15.5. The Bertz CT molecular complexity index is 3870. The van der Waals surface area contributed by atoms with Crippen molar-refractivity contribution in [3.05, 3.63) is 345 Å². The highest BCUT2D eigenvalue weighted by Gasteiger charge is 2.38. The maximum Gasteiger partial charge on any atom is 0.133 e. The molecule has 0 radical (unpaired) electrons. The lowest BCUT2D eigenvalue weighted by atomic mass is 9.78. The van der Waals surface area contributed by atoms with E-state index in [4.69, 9.17) is 28.8 Å². The zero-order valence-corrected chi connectivity index (χ0v) is 60.7. The molecule has 6 atom stereocenters. The van der Waals surface area contributed by atoms with Crippen molar-refractivity contribution >= 4 is 13.6 Å². The number of ether oxygens (including phenoxy) is 2. The molecular weight excluding hydrogens is 1280 g/mol. The molecule has 0 aromatic heterocycles. The molecule has 10 aromatic rings. The van der Waals surface area contributed by atoms with Gasteiger partial charge in [-0.25, -0.2) is 9.78 Å². The third-order valence-electron chi connectivity index (χ3n) is 21.2. The molecule has 0 bridgehead atoms. The Hall–Kier alpha value is -9.02. The average molecular weight is 1400 g/mol. The van der Waals surface area contributed by atoms with Gasteiger partial charge in [-0.1, -0.05) is 337 Å².